The smallest absolute Gasteiger partial charge is 0.317 e. The predicted octanol–water partition coefficient (Wildman–Crippen LogP) is 2.92. The van der Waals surface area contributed by atoms with E-state index in [-0.39, 0.29) is 6.03 Å². The van der Waals surface area contributed by atoms with E-state index in [1.807, 2.05) is 54.6 Å². The standard InChI is InChI=1S/C18H22N2O3/c1-20(14-15-6-4-3-5-7-15)18(21)19-12-13-23-17-10-8-16(22-2)9-11-17/h3-11H,12-14H2,1-2H3,(H,19,21). The van der Waals surface area contributed by atoms with Crippen molar-refractivity contribution in [3.63, 3.8) is 0 Å². The van der Waals surface area contributed by atoms with Crippen molar-refractivity contribution in [2.75, 3.05) is 27.3 Å². The number of methoxy groups -OCH3 is 1. The van der Waals surface area contributed by atoms with Gasteiger partial charge in [0, 0.05) is 13.6 Å². The summed E-state index contributed by atoms with van der Waals surface area (Å²) in [6, 6.07) is 17.1. The number of ether oxygens (including phenoxy) is 2. The topological polar surface area (TPSA) is 50.8 Å². The Morgan fingerprint density at radius 3 is 2.35 bits per heavy atom. The summed E-state index contributed by atoms with van der Waals surface area (Å²) in [7, 11) is 3.39. The number of carbonyl (C=O) groups is 1. The van der Waals surface area contributed by atoms with Gasteiger partial charge >= 0.3 is 6.03 Å². The Bertz CT molecular complexity index is 599. The molecule has 0 radical (unpaired) electrons. The molecule has 0 heterocycles. The van der Waals surface area contributed by atoms with Crippen molar-refractivity contribution in [2.45, 2.75) is 6.54 Å². The van der Waals surface area contributed by atoms with Gasteiger partial charge in [-0.25, -0.2) is 4.79 Å². The first kappa shape index (κ1) is 16.7. The minimum atomic E-state index is -0.118. The molecule has 23 heavy (non-hydrogen) atoms. The zero-order valence-corrected chi connectivity index (χ0v) is 13.5. The van der Waals surface area contributed by atoms with E-state index in [1.165, 1.54) is 0 Å². The summed E-state index contributed by atoms with van der Waals surface area (Å²) in [4.78, 5) is 13.6. The highest BCUT2D eigenvalue weighted by molar-refractivity contribution is 5.73. The van der Waals surface area contributed by atoms with E-state index in [4.69, 9.17) is 9.47 Å². The lowest BCUT2D eigenvalue weighted by molar-refractivity contribution is 0.203. The third kappa shape index (κ3) is 5.54. The van der Waals surface area contributed by atoms with Gasteiger partial charge in [0.05, 0.1) is 13.7 Å². The number of amides is 2. The van der Waals surface area contributed by atoms with Crippen LogP contribution in [0.15, 0.2) is 54.6 Å². The number of nitrogens with one attached hydrogen (secondary N) is 1. The van der Waals surface area contributed by atoms with Crippen molar-refractivity contribution >= 4 is 6.03 Å². The molecule has 2 aromatic rings. The van der Waals surface area contributed by atoms with Crippen molar-refractivity contribution in [2.24, 2.45) is 0 Å². The van der Waals surface area contributed by atoms with Crippen LogP contribution in [0.2, 0.25) is 0 Å². The minimum Gasteiger partial charge on any atom is -0.497 e. The number of hydrogen-bond donors (Lipinski definition) is 1. The van der Waals surface area contributed by atoms with E-state index in [0.29, 0.717) is 19.7 Å². The van der Waals surface area contributed by atoms with Crippen molar-refractivity contribution in [3.05, 3.63) is 60.2 Å². The molecule has 0 unspecified atom stereocenters. The molecule has 0 spiro atoms. The van der Waals surface area contributed by atoms with Gasteiger partial charge in [-0.1, -0.05) is 30.3 Å². The van der Waals surface area contributed by atoms with Gasteiger partial charge in [0.25, 0.3) is 0 Å². The van der Waals surface area contributed by atoms with Crippen LogP contribution in [0, 0.1) is 0 Å². The Kier molecular flexibility index (Phi) is 6.29. The molecule has 2 aromatic carbocycles. The van der Waals surface area contributed by atoms with Crippen LogP contribution >= 0.6 is 0 Å². The molecule has 0 fully saturated rings. The lowest BCUT2D eigenvalue weighted by atomic mass is 10.2. The molecule has 2 rings (SSSR count). The molecule has 122 valence electrons. The van der Waals surface area contributed by atoms with Crippen LogP contribution < -0.4 is 14.8 Å². The number of urea groups is 1. The minimum absolute atomic E-state index is 0.118. The molecule has 0 aromatic heterocycles. The fourth-order valence-corrected chi connectivity index (χ4v) is 2.06. The maximum Gasteiger partial charge on any atom is 0.317 e. The van der Waals surface area contributed by atoms with Crippen LogP contribution in [-0.2, 0) is 6.54 Å². The number of benzene rings is 2. The lowest BCUT2D eigenvalue weighted by Crippen LogP contribution is -2.38. The first-order valence-corrected chi connectivity index (χ1v) is 7.49. The Labute approximate surface area is 136 Å². The first-order valence-electron chi connectivity index (χ1n) is 7.49. The molecule has 0 aliphatic rings. The van der Waals surface area contributed by atoms with Crippen LogP contribution in [0.1, 0.15) is 5.56 Å². The van der Waals surface area contributed by atoms with Gasteiger partial charge in [0.1, 0.15) is 18.1 Å². The normalized spacial score (nSPS) is 10.0. The average molecular weight is 314 g/mol. The van der Waals surface area contributed by atoms with Crippen LogP contribution in [0.5, 0.6) is 11.5 Å². The molecule has 5 nitrogen and oxygen atoms in total. The Balaban J connectivity index is 1.67. The monoisotopic (exact) mass is 314 g/mol. The van der Waals surface area contributed by atoms with Crippen LogP contribution in [0.4, 0.5) is 4.79 Å². The third-order valence-corrected chi connectivity index (χ3v) is 3.32. The predicted molar refractivity (Wildman–Crippen MR) is 89.8 cm³/mol. The molecule has 0 bridgehead atoms. The van der Waals surface area contributed by atoms with Gasteiger partial charge in [0.2, 0.25) is 0 Å². The molecule has 0 aliphatic carbocycles. The largest absolute Gasteiger partial charge is 0.497 e. The van der Waals surface area contributed by atoms with Gasteiger partial charge in [-0.05, 0) is 29.8 Å². The number of nitrogens with zero attached hydrogens (tertiary/aromatic N) is 1. The van der Waals surface area contributed by atoms with Crippen molar-refractivity contribution in [3.8, 4) is 11.5 Å². The molecule has 2 amide bonds. The zero-order valence-electron chi connectivity index (χ0n) is 13.5. The summed E-state index contributed by atoms with van der Waals surface area (Å²) in [6.45, 7) is 1.44. The second kappa shape index (κ2) is 8.68. The zero-order chi connectivity index (χ0) is 16.5. The van der Waals surface area contributed by atoms with Crippen molar-refractivity contribution in [1.29, 1.82) is 0 Å². The highest BCUT2D eigenvalue weighted by atomic mass is 16.5. The van der Waals surface area contributed by atoms with E-state index in [9.17, 15) is 4.79 Å². The van der Waals surface area contributed by atoms with Gasteiger partial charge in [-0.3, -0.25) is 0 Å². The molecule has 0 saturated carbocycles. The number of carbonyl (C=O) groups excluding carboxylic acids is 1. The van der Waals surface area contributed by atoms with Crippen LogP contribution in [-0.4, -0.2) is 38.2 Å². The molecular weight excluding hydrogens is 292 g/mol. The SMILES string of the molecule is COc1ccc(OCCNC(=O)N(C)Cc2ccccc2)cc1. The van der Waals surface area contributed by atoms with Gasteiger partial charge < -0.3 is 19.7 Å². The Morgan fingerprint density at radius 2 is 1.70 bits per heavy atom. The maximum atomic E-state index is 12.0. The van der Waals surface area contributed by atoms with Gasteiger partial charge in [0.15, 0.2) is 0 Å². The van der Waals surface area contributed by atoms with Crippen molar-refractivity contribution in [1.82, 2.24) is 10.2 Å². The number of rotatable bonds is 7. The van der Waals surface area contributed by atoms with Gasteiger partial charge in [-0.2, -0.15) is 0 Å². The Hall–Kier alpha value is -2.69. The van der Waals surface area contributed by atoms with Crippen LogP contribution in [0.25, 0.3) is 0 Å². The first-order chi connectivity index (χ1) is 11.2. The molecule has 0 atom stereocenters. The molecule has 0 saturated heterocycles. The second-order valence-electron chi connectivity index (χ2n) is 5.10. The van der Waals surface area contributed by atoms with Crippen LogP contribution in [0.3, 0.4) is 0 Å². The molecular formula is C18H22N2O3. The summed E-state index contributed by atoms with van der Waals surface area (Å²) in [6.07, 6.45) is 0. The fraction of sp³-hybridized carbons (Fsp3) is 0.278. The fourth-order valence-electron chi connectivity index (χ4n) is 2.06. The Morgan fingerprint density at radius 1 is 1.04 bits per heavy atom. The summed E-state index contributed by atoms with van der Waals surface area (Å²) < 4.78 is 10.6. The summed E-state index contributed by atoms with van der Waals surface area (Å²) in [5, 5.41) is 2.83. The second-order valence-corrected chi connectivity index (χ2v) is 5.10. The summed E-state index contributed by atoms with van der Waals surface area (Å²) in [5.41, 5.74) is 1.10. The summed E-state index contributed by atoms with van der Waals surface area (Å²) in [5.74, 6) is 1.53. The average Bonchev–Trinajstić information content (AvgIpc) is 2.60. The van der Waals surface area contributed by atoms with E-state index >= 15 is 0 Å². The van der Waals surface area contributed by atoms with E-state index in [2.05, 4.69) is 5.32 Å². The van der Waals surface area contributed by atoms with E-state index in [0.717, 1.165) is 17.1 Å². The number of hydrogen-bond acceptors (Lipinski definition) is 3. The maximum absolute atomic E-state index is 12.0. The quantitative estimate of drug-likeness (QED) is 0.800. The highest BCUT2D eigenvalue weighted by Gasteiger charge is 2.08. The summed E-state index contributed by atoms with van der Waals surface area (Å²) >= 11 is 0. The molecule has 5 heteroatoms. The van der Waals surface area contributed by atoms with E-state index < -0.39 is 0 Å². The molecule has 1 N–H and O–H groups in total. The van der Waals surface area contributed by atoms with E-state index in [1.54, 1.807) is 19.1 Å². The lowest BCUT2D eigenvalue weighted by Gasteiger charge is -2.18. The van der Waals surface area contributed by atoms with Crippen molar-refractivity contribution < 1.29 is 14.3 Å². The molecule has 0 aliphatic heterocycles. The third-order valence-electron chi connectivity index (χ3n) is 3.32. The van der Waals surface area contributed by atoms with Gasteiger partial charge in [-0.15, -0.1) is 0 Å². The highest BCUT2D eigenvalue weighted by Crippen LogP contribution is 2.16.